The van der Waals surface area contributed by atoms with Crippen LogP contribution in [-0.4, -0.2) is 11.9 Å². The molecule has 4 heteroatoms. The molecule has 17 heavy (non-hydrogen) atoms. The van der Waals surface area contributed by atoms with E-state index in [4.69, 9.17) is 17.3 Å². The molecule has 0 radical (unpaired) electrons. The van der Waals surface area contributed by atoms with Gasteiger partial charge in [0.1, 0.15) is 0 Å². The third kappa shape index (κ3) is 3.72. The maximum absolute atomic E-state index is 11.8. The molecule has 3 N–H and O–H groups in total. The van der Waals surface area contributed by atoms with Gasteiger partial charge in [-0.05, 0) is 25.5 Å². The molecule has 0 aliphatic carbocycles. The third-order valence-electron chi connectivity index (χ3n) is 2.93. The monoisotopic (exact) mass is 254 g/mol. The van der Waals surface area contributed by atoms with Crippen molar-refractivity contribution in [2.75, 3.05) is 0 Å². The number of carbonyl (C=O) groups is 1. The van der Waals surface area contributed by atoms with Crippen LogP contribution in [0.5, 0.6) is 0 Å². The molecule has 1 rings (SSSR count). The SMILES string of the molecule is CC(NC(=O)C(C)C(C)N)c1ccccc1Cl. The largest absolute Gasteiger partial charge is 0.349 e. The van der Waals surface area contributed by atoms with Gasteiger partial charge in [0.2, 0.25) is 5.91 Å². The van der Waals surface area contributed by atoms with Gasteiger partial charge in [0, 0.05) is 17.0 Å². The van der Waals surface area contributed by atoms with E-state index in [-0.39, 0.29) is 23.9 Å². The molecule has 1 amide bonds. The number of rotatable bonds is 4. The predicted octanol–water partition coefficient (Wildman–Crippen LogP) is 2.50. The number of nitrogens with one attached hydrogen (secondary N) is 1. The van der Waals surface area contributed by atoms with Crippen LogP contribution in [0.15, 0.2) is 24.3 Å². The van der Waals surface area contributed by atoms with Crippen molar-refractivity contribution in [3.63, 3.8) is 0 Å². The lowest BCUT2D eigenvalue weighted by Crippen LogP contribution is -2.39. The molecule has 0 aliphatic rings. The fourth-order valence-electron chi connectivity index (χ4n) is 1.49. The molecule has 0 fully saturated rings. The second-order valence-corrected chi connectivity index (χ2v) is 4.81. The lowest BCUT2D eigenvalue weighted by Gasteiger charge is -2.20. The molecule has 3 unspecified atom stereocenters. The van der Waals surface area contributed by atoms with Crippen molar-refractivity contribution in [3.05, 3.63) is 34.9 Å². The summed E-state index contributed by atoms with van der Waals surface area (Å²) in [4.78, 5) is 11.8. The lowest BCUT2D eigenvalue weighted by molar-refractivity contribution is -0.125. The molecule has 0 bridgehead atoms. The van der Waals surface area contributed by atoms with Gasteiger partial charge in [0.05, 0.1) is 6.04 Å². The van der Waals surface area contributed by atoms with Gasteiger partial charge in [-0.1, -0.05) is 36.7 Å². The second-order valence-electron chi connectivity index (χ2n) is 4.40. The molecule has 0 saturated carbocycles. The van der Waals surface area contributed by atoms with Crippen LogP contribution >= 0.6 is 11.6 Å². The standard InChI is InChI=1S/C13H19ClN2O/c1-8(9(2)15)13(17)16-10(3)11-6-4-5-7-12(11)14/h4-10H,15H2,1-3H3,(H,16,17). The summed E-state index contributed by atoms with van der Waals surface area (Å²) in [6, 6.07) is 7.22. The van der Waals surface area contributed by atoms with Crippen molar-refractivity contribution in [3.8, 4) is 0 Å². The average molecular weight is 255 g/mol. The number of carbonyl (C=O) groups excluding carboxylic acids is 1. The van der Waals surface area contributed by atoms with Crippen molar-refractivity contribution in [1.82, 2.24) is 5.32 Å². The van der Waals surface area contributed by atoms with E-state index in [2.05, 4.69) is 5.32 Å². The zero-order valence-corrected chi connectivity index (χ0v) is 11.2. The fourth-order valence-corrected chi connectivity index (χ4v) is 1.79. The highest BCUT2D eigenvalue weighted by atomic mass is 35.5. The number of nitrogens with two attached hydrogens (primary N) is 1. The van der Waals surface area contributed by atoms with Crippen LogP contribution in [0.4, 0.5) is 0 Å². The molecule has 1 aromatic rings. The van der Waals surface area contributed by atoms with Gasteiger partial charge in [-0.15, -0.1) is 0 Å². The first-order valence-electron chi connectivity index (χ1n) is 5.74. The van der Waals surface area contributed by atoms with Gasteiger partial charge in [0.25, 0.3) is 0 Å². The first-order valence-corrected chi connectivity index (χ1v) is 6.11. The van der Waals surface area contributed by atoms with Gasteiger partial charge >= 0.3 is 0 Å². The third-order valence-corrected chi connectivity index (χ3v) is 3.28. The van der Waals surface area contributed by atoms with Gasteiger partial charge < -0.3 is 11.1 Å². The Morgan fingerprint density at radius 3 is 2.41 bits per heavy atom. The van der Waals surface area contributed by atoms with E-state index in [9.17, 15) is 4.79 Å². The molecule has 0 heterocycles. The van der Waals surface area contributed by atoms with Crippen molar-refractivity contribution in [2.24, 2.45) is 11.7 Å². The zero-order valence-electron chi connectivity index (χ0n) is 10.4. The molecular weight excluding hydrogens is 236 g/mol. The number of hydrogen-bond donors (Lipinski definition) is 2. The number of amides is 1. The Kier molecular flexibility index (Phi) is 4.97. The van der Waals surface area contributed by atoms with Crippen LogP contribution in [0.25, 0.3) is 0 Å². The molecule has 0 saturated heterocycles. The summed E-state index contributed by atoms with van der Waals surface area (Å²) >= 11 is 6.07. The van der Waals surface area contributed by atoms with Crippen LogP contribution in [0.1, 0.15) is 32.4 Å². The van der Waals surface area contributed by atoms with E-state index in [1.54, 1.807) is 0 Å². The molecular formula is C13H19ClN2O. The Bertz CT molecular complexity index is 393. The molecule has 3 nitrogen and oxygen atoms in total. The average Bonchev–Trinajstić information content (AvgIpc) is 2.28. The van der Waals surface area contributed by atoms with Crippen molar-refractivity contribution >= 4 is 17.5 Å². The number of halogens is 1. The van der Waals surface area contributed by atoms with Crippen molar-refractivity contribution < 1.29 is 4.79 Å². The topological polar surface area (TPSA) is 55.1 Å². The normalized spacial score (nSPS) is 16.1. The Hall–Kier alpha value is -1.06. The van der Waals surface area contributed by atoms with Gasteiger partial charge in [-0.2, -0.15) is 0 Å². The summed E-state index contributed by atoms with van der Waals surface area (Å²) < 4.78 is 0. The number of hydrogen-bond acceptors (Lipinski definition) is 2. The van der Waals surface area contributed by atoms with E-state index in [1.165, 1.54) is 0 Å². The molecule has 0 aliphatic heterocycles. The highest BCUT2D eigenvalue weighted by Crippen LogP contribution is 2.22. The van der Waals surface area contributed by atoms with Crippen LogP contribution in [0.2, 0.25) is 5.02 Å². The fraction of sp³-hybridized carbons (Fsp3) is 0.462. The first kappa shape index (κ1) is 14.0. The maximum Gasteiger partial charge on any atom is 0.224 e. The summed E-state index contributed by atoms with van der Waals surface area (Å²) in [5.41, 5.74) is 6.61. The molecule has 1 aromatic carbocycles. The van der Waals surface area contributed by atoms with Crippen molar-refractivity contribution in [2.45, 2.75) is 32.9 Å². The minimum atomic E-state index is -0.208. The molecule has 94 valence electrons. The Balaban J connectivity index is 2.70. The Morgan fingerprint density at radius 1 is 1.29 bits per heavy atom. The van der Waals surface area contributed by atoms with E-state index >= 15 is 0 Å². The second kappa shape index (κ2) is 6.03. The molecule has 3 atom stereocenters. The predicted molar refractivity (Wildman–Crippen MR) is 70.8 cm³/mol. The van der Waals surface area contributed by atoms with E-state index in [0.717, 1.165) is 5.56 Å². The molecule has 0 spiro atoms. The Morgan fingerprint density at radius 2 is 1.88 bits per heavy atom. The van der Waals surface area contributed by atoms with Gasteiger partial charge in [-0.25, -0.2) is 0 Å². The highest BCUT2D eigenvalue weighted by Gasteiger charge is 2.19. The van der Waals surface area contributed by atoms with E-state index < -0.39 is 0 Å². The molecule has 0 aromatic heterocycles. The zero-order chi connectivity index (χ0) is 13.0. The van der Waals surface area contributed by atoms with Gasteiger partial charge in [0.15, 0.2) is 0 Å². The summed E-state index contributed by atoms with van der Waals surface area (Å²) in [5.74, 6) is -0.257. The summed E-state index contributed by atoms with van der Waals surface area (Å²) in [6.45, 7) is 5.55. The minimum absolute atomic E-state index is 0.0487. The quantitative estimate of drug-likeness (QED) is 0.868. The summed E-state index contributed by atoms with van der Waals surface area (Å²) in [6.07, 6.45) is 0. The smallest absolute Gasteiger partial charge is 0.224 e. The minimum Gasteiger partial charge on any atom is -0.349 e. The maximum atomic E-state index is 11.8. The van der Waals surface area contributed by atoms with Crippen LogP contribution in [0, 0.1) is 5.92 Å². The summed E-state index contributed by atoms with van der Waals surface area (Å²) in [5, 5.41) is 3.58. The Labute approximate surface area is 107 Å². The van der Waals surface area contributed by atoms with Crippen LogP contribution in [0.3, 0.4) is 0 Å². The van der Waals surface area contributed by atoms with Crippen LogP contribution < -0.4 is 11.1 Å². The first-order chi connectivity index (χ1) is 7.93. The van der Waals surface area contributed by atoms with E-state index in [0.29, 0.717) is 5.02 Å². The van der Waals surface area contributed by atoms with Gasteiger partial charge in [-0.3, -0.25) is 4.79 Å². The summed E-state index contributed by atoms with van der Waals surface area (Å²) in [7, 11) is 0. The van der Waals surface area contributed by atoms with E-state index in [1.807, 2.05) is 45.0 Å². The highest BCUT2D eigenvalue weighted by molar-refractivity contribution is 6.31. The van der Waals surface area contributed by atoms with Crippen molar-refractivity contribution in [1.29, 1.82) is 0 Å². The van der Waals surface area contributed by atoms with Crippen LogP contribution in [-0.2, 0) is 4.79 Å². The lowest BCUT2D eigenvalue weighted by atomic mass is 10.0. The number of benzene rings is 1.